The summed E-state index contributed by atoms with van der Waals surface area (Å²) in [5.41, 5.74) is 4.23. The fraction of sp³-hybridized carbons (Fsp3) is 0.269. The van der Waals surface area contributed by atoms with E-state index in [-0.39, 0.29) is 11.8 Å². The molecule has 0 saturated carbocycles. The molecule has 1 N–H and O–H groups in total. The van der Waals surface area contributed by atoms with Crippen molar-refractivity contribution in [3.8, 4) is 16.9 Å². The highest BCUT2D eigenvalue weighted by Gasteiger charge is 2.32. The average Bonchev–Trinajstić information content (AvgIpc) is 2.85. The monoisotopic (exact) mass is 429 g/mol. The van der Waals surface area contributed by atoms with Crippen LogP contribution >= 0.6 is 0 Å². The van der Waals surface area contributed by atoms with Gasteiger partial charge < -0.3 is 15.0 Å². The molecular formula is C26H27N3O3. The van der Waals surface area contributed by atoms with Gasteiger partial charge in [0.05, 0.1) is 7.11 Å². The summed E-state index contributed by atoms with van der Waals surface area (Å²) in [4.78, 5) is 31.5. The van der Waals surface area contributed by atoms with Crippen LogP contribution in [0, 0.1) is 0 Å². The lowest BCUT2D eigenvalue weighted by Crippen LogP contribution is -2.58. The number of hydrogen-bond donors (Lipinski definition) is 1. The van der Waals surface area contributed by atoms with Gasteiger partial charge in [-0.15, -0.1) is 0 Å². The Balaban J connectivity index is 1.45. The minimum absolute atomic E-state index is 0.00552. The second kappa shape index (κ2) is 10.1. The molecule has 1 aliphatic rings. The summed E-state index contributed by atoms with van der Waals surface area (Å²) in [6, 6.07) is 19.3. The van der Waals surface area contributed by atoms with E-state index in [4.69, 9.17) is 4.74 Å². The number of aryl methyl sites for hydroxylation is 1. The first-order valence-electron chi connectivity index (χ1n) is 10.8. The van der Waals surface area contributed by atoms with Crippen molar-refractivity contribution in [2.24, 2.45) is 0 Å². The maximum Gasteiger partial charge on any atom is 0.243 e. The highest BCUT2D eigenvalue weighted by Crippen LogP contribution is 2.22. The van der Waals surface area contributed by atoms with Gasteiger partial charge in [0.2, 0.25) is 11.8 Å². The molecule has 2 amide bonds. The normalized spacial score (nSPS) is 15.8. The van der Waals surface area contributed by atoms with Gasteiger partial charge in [0.25, 0.3) is 0 Å². The van der Waals surface area contributed by atoms with Gasteiger partial charge in [0.1, 0.15) is 11.8 Å². The Morgan fingerprint density at radius 2 is 1.84 bits per heavy atom. The molecule has 0 bridgehead atoms. The Bertz CT molecular complexity index is 1070. The number of methoxy groups -OCH3 is 1. The number of piperazine rings is 1. The molecule has 4 rings (SSSR count). The van der Waals surface area contributed by atoms with Gasteiger partial charge in [-0.2, -0.15) is 0 Å². The summed E-state index contributed by atoms with van der Waals surface area (Å²) in [5, 5.41) is 2.91. The van der Waals surface area contributed by atoms with Gasteiger partial charge >= 0.3 is 0 Å². The Morgan fingerprint density at radius 1 is 1.06 bits per heavy atom. The third-order valence-corrected chi connectivity index (χ3v) is 5.81. The Kier molecular flexibility index (Phi) is 6.80. The van der Waals surface area contributed by atoms with Gasteiger partial charge in [0.15, 0.2) is 0 Å². The lowest BCUT2D eigenvalue weighted by molar-refractivity contribution is -0.143. The molecule has 0 spiro atoms. The molecule has 1 atom stereocenters. The fourth-order valence-corrected chi connectivity index (χ4v) is 4.05. The molecule has 0 unspecified atom stereocenters. The smallest absolute Gasteiger partial charge is 0.243 e. The zero-order valence-corrected chi connectivity index (χ0v) is 18.2. The SMILES string of the molecule is COc1ccc(CCC(=O)N2CCNC(=O)[C@H]2Cc2cccc(-c3ccncc3)c2)cc1. The predicted octanol–water partition coefficient (Wildman–Crippen LogP) is 3.26. The molecule has 1 aliphatic heterocycles. The van der Waals surface area contributed by atoms with Crippen LogP contribution in [0.15, 0.2) is 73.1 Å². The van der Waals surface area contributed by atoms with E-state index in [9.17, 15) is 9.59 Å². The number of hydrogen-bond acceptors (Lipinski definition) is 4. The van der Waals surface area contributed by atoms with Crippen molar-refractivity contribution in [2.75, 3.05) is 20.2 Å². The number of nitrogens with one attached hydrogen (secondary N) is 1. The molecule has 2 heterocycles. The molecule has 164 valence electrons. The largest absolute Gasteiger partial charge is 0.497 e. The van der Waals surface area contributed by atoms with Crippen molar-refractivity contribution in [1.82, 2.24) is 15.2 Å². The zero-order valence-electron chi connectivity index (χ0n) is 18.2. The van der Waals surface area contributed by atoms with E-state index in [1.165, 1.54) is 0 Å². The van der Waals surface area contributed by atoms with E-state index in [0.29, 0.717) is 32.4 Å². The second-order valence-electron chi connectivity index (χ2n) is 7.88. The molecule has 6 heteroatoms. The van der Waals surface area contributed by atoms with Crippen molar-refractivity contribution >= 4 is 11.8 Å². The Labute approximate surface area is 188 Å². The van der Waals surface area contributed by atoms with E-state index < -0.39 is 6.04 Å². The maximum absolute atomic E-state index is 13.0. The predicted molar refractivity (Wildman–Crippen MR) is 123 cm³/mol. The molecule has 6 nitrogen and oxygen atoms in total. The first-order chi connectivity index (χ1) is 15.6. The van der Waals surface area contributed by atoms with Gasteiger partial charge in [0, 0.05) is 38.3 Å². The summed E-state index contributed by atoms with van der Waals surface area (Å²) < 4.78 is 5.19. The van der Waals surface area contributed by atoms with Crippen LogP contribution in [0.3, 0.4) is 0 Å². The number of aromatic nitrogens is 1. The van der Waals surface area contributed by atoms with Crippen LogP contribution in [-0.2, 0) is 22.4 Å². The van der Waals surface area contributed by atoms with Gasteiger partial charge in [-0.3, -0.25) is 14.6 Å². The van der Waals surface area contributed by atoms with E-state index >= 15 is 0 Å². The lowest BCUT2D eigenvalue weighted by atomic mass is 9.97. The quantitative estimate of drug-likeness (QED) is 0.626. The van der Waals surface area contributed by atoms with E-state index in [2.05, 4.69) is 16.4 Å². The number of benzene rings is 2. The first-order valence-corrected chi connectivity index (χ1v) is 10.8. The number of amides is 2. The third kappa shape index (κ3) is 5.14. The Hall–Kier alpha value is -3.67. The molecule has 32 heavy (non-hydrogen) atoms. The minimum Gasteiger partial charge on any atom is -0.497 e. The van der Waals surface area contributed by atoms with Crippen LogP contribution in [0.4, 0.5) is 0 Å². The number of pyridine rings is 1. The molecule has 1 aromatic heterocycles. The molecule has 3 aromatic rings. The molecule has 0 aliphatic carbocycles. The maximum atomic E-state index is 13.0. The number of ether oxygens (including phenoxy) is 1. The second-order valence-corrected chi connectivity index (χ2v) is 7.88. The number of rotatable bonds is 7. The van der Waals surface area contributed by atoms with Crippen LogP contribution in [0.2, 0.25) is 0 Å². The number of nitrogens with zero attached hydrogens (tertiary/aromatic N) is 2. The van der Waals surface area contributed by atoms with Crippen LogP contribution < -0.4 is 10.1 Å². The summed E-state index contributed by atoms with van der Waals surface area (Å²) >= 11 is 0. The molecule has 0 radical (unpaired) electrons. The lowest BCUT2D eigenvalue weighted by Gasteiger charge is -2.35. The molecule has 1 saturated heterocycles. The number of carbonyl (C=O) groups excluding carboxylic acids is 2. The van der Waals surface area contributed by atoms with Crippen molar-refractivity contribution in [3.05, 3.63) is 84.2 Å². The van der Waals surface area contributed by atoms with Gasteiger partial charge in [-0.25, -0.2) is 0 Å². The van der Waals surface area contributed by atoms with Crippen molar-refractivity contribution in [1.29, 1.82) is 0 Å². The highest BCUT2D eigenvalue weighted by molar-refractivity contribution is 5.89. The van der Waals surface area contributed by atoms with Crippen LogP contribution in [-0.4, -0.2) is 47.9 Å². The summed E-state index contributed by atoms with van der Waals surface area (Å²) in [7, 11) is 1.63. The van der Waals surface area contributed by atoms with E-state index in [0.717, 1.165) is 28.0 Å². The van der Waals surface area contributed by atoms with Crippen LogP contribution in [0.5, 0.6) is 5.75 Å². The summed E-state index contributed by atoms with van der Waals surface area (Å²) in [5.74, 6) is 0.705. The fourth-order valence-electron chi connectivity index (χ4n) is 4.05. The van der Waals surface area contributed by atoms with Gasteiger partial charge in [-0.1, -0.05) is 36.4 Å². The summed E-state index contributed by atoms with van der Waals surface area (Å²) in [6.45, 7) is 1.02. The molecule has 1 fully saturated rings. The van der Waals surface area contributed by atoms with Gasteiger partial charge in [-0.05, 0) is 52.9 Å². The molecule has 2 aromatic carbocycles. The average molecular weight is 430 g/mol. The van der Waals surface area contributed by atoms with E-state index in [1.54, 1.807) is 24.4 Å². The third-order valence-electron chi connectivity index (χ3n) is 5.81. The zero-order chi connectivity index (χ0) is 22.3. The summed E-state index contributed by atoms with van der Waals surface area (Å²) in [6.07, 6.45) is 5.01. The first kappa shape index (κ1) is 21.6. The van der Waals surface area contributed by atoms with Crippen LogP contribution in [0.25, 0.3) is 11.1 Å². The van der Waals surface area contributed by atoms with Crippen molar-refractivity contribution in [2.45, 2.75) is 25.3 Å². The Morgan fingerprint density at radius 3 is 2.59 bits per heavy atom. The molecular weight excluding hydrogens is 402 g/mol. The standard InChI is InChI=1S/C26H27N3O3/c1-32-23-8-5-19(6-9-23)7-10-25(30)29-16-15-28-26(31)24(29)18-20-3-2-4-22(17-20)21-11-13-27-14-12-21/h2-6,8-9,11-14,17,24H,7,10,15-16,18H2,1H3,(H,28,31)/t24-/m1/s1. The van der Waals surface area contributed by atoms with Crippen molar-refractivity contribution < 1.29 is 14.3 Å². The van der Waals surface area contributed by atoms with Crippen molar-refractivity contribution in [3.63, 3.8) is 0 Å². The topological polar surface area (TPSA) is 71.5 Å². The minimum atomic E-state index is -0.500. The van der Waals surface area contributed by atoms with Crippen LogP contribution in [0.1, 0.15) is 17.5 Å². The number of carbonyl (C=O) groups is 2. The van der Waals surface area contributed by atoms with E-state index in [1.807, 2.05) is 54.6 Å². The highest BCUT2D eigenvalue weighted by atomic mass is 16.5.